The van der Waals surface area contributed by atoms with Crippen LogP contribution < -0.4 is 11.2 Å². The molecule has 0 saturated carbocycles. The van der Waals surface area contributed by atoms with E-state index in [-0.39, 0.29) is 23.6 Å². The highest BCUT2D eigenvalue weighted by Gasteiger charge is 2.06. The first-order valence-electron chi connectivity index (χ1n) is 4.74. The predicted octanol–water partition coefficient (Wildman–Crippen LogP) is -0.0912. The summed E-state index contributed by atoms with van der Waals surface area (Å²) in [5, 5.41) is 0. The lowest BCUT2D eigenvalue weighted by atomic mass is 10.4. The second-order valence-electron chi connectivity index (χ2n) is 3.34. The first-order chi connectivity index (χ1) is 7.04. The maximum atomic E-state index is 11.5. The first-order valence-corrected chi connectivity index (χ1v) is 4.74. The van der Waals surface area contributed by atoms with Crippen LogP contribution in [0.1, 0.15) is 6.92 Å². The molecule has 1 heterocycles. The molecule has 2 N–H and O–H groups in total. The molecule has 0 aliphatic rings. The fraction of sp³-hybridized carbons (Fsp3) is 0.400. The van der Waals surface area contributed by atoms with Crippen molar-refractivity contribution >= 4 is 11.6 Å². The predicted molar refractivity (Wildman–Crippen MR) is 58.4 cm³/mol. The zero-order valence-corrected chi connectivity index (χ0v) is 8.93. The zero-order chi connectivity index (χ0) is 11.4. The van der Waals surface area contributed by atoms with Gasteiger partial charge >= 0.3 is 0 Å². The summed E-state index contributed by atoms with van der Waals surface area (Å²) in [6.45, 7) is 2.76. The summed E-state index contributed by atoms with van der Waals surface area (Å²) in [4.78, 5) is 24.1. The summed E-state index contributed by atoms with van der Waals surface area (Å²) in [6.07, 6.45) is 3.03. The molecular weight excluding hydrogens is 194 g/mol. The zero-order valence-electron chi connectivity index (χ0n) is 8.93. The standard InChI is InChI=1S/C10H15N3O2/c1-3-12(2)10(15)7-13-5-4-9(14)8(11)6-13/h4-6H,3,7,11H2,1-2H3. The SMILES string of the molecule is CCN(C)C(=O)Cn1ccc(=O)c(N)c1. The van der Waals surface area contributed by atoms with Crippen molar-refractivity contribution in [2.45, 2.75) is 13.5 Å². The Labute approximate surface area is 88.1 Å². The molecule has 0 aliphatic carbocycles. The molecule has 1 amide bonds. The summed E-state index contributed by atoms with van der Waals surface area (Å²) in [7, 11) is 1.73. The lowest BCUT2D eigenvalue weighted by molar-refractivity contribution is -0.130. The van der Waals surface area contributed by atoms with Crippen molar-refractivity contribution in [2.24, 2.45) is 0 Å². The number of likely N-dealkylation sites (N-methyl/N-ethyl adjacent to an activating group) is 1. The monoisotopic (exact) mass is 209 g/mol. The molecule has 5 heteroatoms. The van der Waals surface area contributed by atoms with Crippen LogP contribution in [-0.2, 0) is 11.3 Å². The maximum absolute atomic E-state index is 11.5. The maximum Gasteiger partial charge on any atom is 0.242 e. The van der Waals surface area contributed by atoms with Crippen LogP contribution in [0.4, 0.5) is 5.69 Å². The Balaban J connectivity index is 2.77. The normalized spacial score (nSPS) is 10.0. The minimum absolute atomic E-state index is 0.0134. The van der Waals surface area contributed by atoms with Gasteiger partial charge in [-0.25, -0.2) is 0 Å². The van der Waals surface area contributed by atoms with Gasteiger partial charge in [-0.15, -0.1) is 0 Å². The number of carbonyl (C=O) groups is 1. The highest BCUT2D eigenvalue weighted by molar-refractivity contribution is 5.75. The van der Waals surface area contributed by atoms with Gasteiger partial charge in [0, 0.05) is 32.1 Å². The number of hydrogen-bond acceptors (Lipinski definition) is 3. The van der Waals surface area contributed by atoms with E-state index in [0.717, 1.165) is 0 Å². The number of anilines is 1. The van der Waals surface area contributed by atoms with E-state index in [4.69, 9.17) is 5.73 Å². The number of aromatic nitrogens is 1. The summed E-state index contributed by atoms with van der Waals surface area (Å²) in [6, 6.07) is 1.36. The lowest BCUT2D eigenvalue weighted by Crippen LogP contribution is -2.30. The Hall–Kier alpha value is -1.78. The van der Waals surface area contributed by atoms with Crippen molar-refractivity contribution in [2.75, 3.05) is 19.3 Å². The van der Waals surface area contributed by atoms with Gasteiger partial charge in [0.05, 0.1) is 5.69 Å². The lowest BCUT2D eigenvalue weighted by Gasteiger charge is -2.15. The van der Waals surface area contributed by atoms with E-state index in [0.29, 0.717) is 6.54 Å². The molecule has 0 saturated heterocycles. The van der Waals surface area contributed by atoms with Gasteiger partial charge < -0.3 is 15.2 Å². The van der Waals surface area contributed by atoms with E-state index in [1.807, 2.05) is 6.92 Å². The molecule has 0 aliphatic heterocycles. The second kappa shape index (κ2) is 4.63. The van der Waals surface area contributed by atoms with E-state index >= 15 is 0 Å². The van der Waals surface area contributed by atoms with Crippen LogP contribution in [-0.4, -0.2) is 29.0 Å². The van der Waals surface area contributed by atoms with Crippen molar-refractivity contribution in [1.29, 1.82) is 0 Å². The minimum Gasteiger partial charge on any atom is -0.394 e. The van der Waals surface area contributed by atoms with Gasteiger partial charge in [-0.3, -0.25) is 9.59 Å². The van der Waals surface area contributed by atoms with Gasteiger partial charge in [0.1, 0.15) is 6.54 Å². The minimum atomic E-state index is -0.220. The molecule has 0 bridgehead atoms. The van der Waals surface area contributed by atoms with Gasteiger partial charge in [0.15, 0.2) is 0 Å². The number of nitrogens with two attached hydrogens (primary N) is 1. The van der Waals surface area contributed by atoms with Gasteiger partial charge in [0.25, 0.3) is 0 Å². The van der Waals surface area contributed by atoms with Gasteiger partial charge in [-0.05, 0) is 6.92 Å². The third-order valence-corrected chi connectivity index (χ3v) is 2.22. The van der Waals surface area contributed by atoms with E-state index in [9.17, 15) is 9.59 Å². The number of rotatable bonds is 3. The molecule has 0 unspecified atom stereocenters. The third-order valence-electron chi connectivity index (χ3n) is 2.22. The number of amides is 1. The smallest absolute Gasteiger partial charge is 0.242 e. The second-order valence-corrected chi connectivity index (χ2v) is 3.34. The average Bonchev–Trinajstić information content (AvgIpc) is 2.22. The first kappa shape index (κ1) is 11.3. The molecule has 82 valence electrons. The number of carbonyl (C=O) groups excluding carboxylic acids is 1. The Morgan fingerprint density at radius 1 is 1.60 bits per heavy atom. The van der Waals surface area contributed by atoms with E-state index in [1.54, 1.807) is 22.7 Å². The highest BCUT2D eigenvalue weighted by Crippen LogP contribution is 1.95. The highest BCUT2D eigenvalue weighted by atomic mass is 16.2. The van der Waals surface area contributed by atoms with Crippen LogP contribution in [0.2, 0.25) is 0 Å². The fourth-order valence-corrected chi connectivity index (χ4v) is 1.10. The Bertz CT molecular complexity index is 411. The molecule has 1 aromatic heterocycles. The quantitative estimate of drug-likeness (QED) is 0.756. The molecule has 0 spiro atoms. The van der Waals surface area contributed by atoms with Crippen LogP contribution in [0.25, 0.3) is 0 Å². The van der Waals surface area contributed by atoms with Crippen molar-refractivity contribution < 1.29 is 4.79 Å². The van der Waals surface area contributed by atoms with Gasteiger partial charge in [-0.2, -0.15) is 0 Å². The summed E-state index contributed by atoms with van der Waals surface area (Å²) >= 11 is 0. The molecule has 0 radical (unpaired) electrons. The topological polar surface area (TPSA) is 68.3 Å². The summed E-state index contributed by atoms with van der Waals surface area (Å²) in [5.74, 6) is -0.0134. The van der Waals surface area contributed by atoms with Crippen LogP contribution in [0.3, 0.4) is 0 Å². The molecule has 0 atom stereocenters. The molecule has 1 rings (SSSR count). The van der Waals surface area contributed by atoms with Crippen molar-refractivity contribution in [1.82, 2.24) is 9.47 Å². The van der Waals surface area contributed by atoms with Crippen molar-refractivity contribution in [3.63, 3.8) is 0 Å². The Morgan fingerprint density at radius 3 is 2.80 bits per heavy atom. The van der Waals surface area contributed by atoms with E-state index < -0.39 is 0 Å². The Kier molecular flexibility index (Phi) is 3.49. The fourth-order valence-electron chi connectivity index (χ4n) is 1.10. The van der Waals surface area contributed by atoms with Crippen LogP contribution in [0, 0.1) is 0 Å². The van der Waals surface area contributed by atoms with E-state index in [2.05, 4.69) is 0 Å². The largest absolute Gasteiger partial charge is 0.394 e. The molecule has 0 aromatic carbocycles. The molecule has 1 aromatic rings. The van der Waals surface area contributed by atoms with Gasteiger partial charge in [0.2, 0.25) is 11.3 Å². The molecule has 0 fully saturated rings. The van der Waals surface area contributed by atoms with Crippen LogP contribution in [0.15, 0.2) is 23.3 Å². The van der Waals surface area contributed by atoms with E-state index in [1.165, 1.54) is 12.3 Å². The van der Waals surface area contributed by atoms with Gasteiger partial charge in [-0.1, -0.05) is 0 Å². The number of pyridine rings is 1. The molecule has 5 nitrogen and oxygen atoms in total. The molecule has 15 heavy (non-hydrogen) atoms. The third kappa shape index (κ3) is 2.83. The van der Waals surface area contributed by atoms with Crippen LogP contribution in [0.5, 0.6) is 0 Å². The molecular formula is C10H15N3O2. The number of nitrogens with zero attached hydrogens (tertiary/aromatic N) is 2. The summed E-state index contributed by atoms with van der Waals surface area (Å²) in [5.41, 5.74) is 5.38. The van der Waals surface area contributed by atoms with Crippen LogP contribution >= 0.6 is 0 Å². The average molecular weight is 209 g/mol. The number of hydrogen-bond donors (Lipinski definition) is 1. The number of nitrogen functional groups attached to an aromatic ring is 1. The van der Waals surface area contributed by atoms with Crippen molar-refractivity contribution in [3.05, 3.63) is 28.7 Å². The summed E-state index contributed by atoms with van der Waals surface area (Å²) < 4.78 is 1.60. The Morgan fingerprint density at radius 2 is 2.27 bits per heavy atom. The van der Waals surface area contributed by atoms with Crippen molar-refractivity contribution in [3.8, 4) is 0 Å².